The molecular weight excluding hydrogens is 327 g/mol. The van der Waals surface area contributed by atoms with Crippen molar-refractivity contribution < 1.29 is 17.9 Å². The fourth-order valence-electron chi connectivity index (χ4n) is 2.70. The monoisotopic (exact) mass is 341 g/mol. The zero-order valence-electron chi connectivity index (χ0n) is 12.2. The second-order valence-corrected chi connectivity index (χ2v) is 5.99. The number of halogens is 4. The molecule has 1 aliphatic rings. The van der Waals surface area contributed by atoms with Crippen molar-refractivity contribution in [2.24, 2.45) is 0 Å². The lowest BCUT2D eigenvalue weighted by molar-refractivity contribution is -0.148. The number of benzene rings is 2. The highest BCUT2D eigenvalue weighted by molar-refractivity contribution is 6.30. The van der Waals surface area contributed by atoms with Gasteiger partial charge < -0.3 is 4.74 Å². The molecule has 1 aliphatic heterocycles. The third-order valence-corrected chi connectivity index (χ3v) is 3.96. The first-order valence-corrected chi connectivity index (χ1v) is 7.58. The van der Waals surface area contributed by atoms with Crippen LogP contribution >= 0.6 is 11.6 Å². The van der Waals surface area contributed by atoms with E-state index in [-0.39, 0.29) is 13.1 Å². The highest BCUT2D eigenvalue weighted by Crippen LogP contribution is 2.32. The minimum absolute atomic E-state index is 0.163. The molecular formula is C17H15ClF3NO. The van der Waals surface area contributed by atoms with E-state index in [1.165, 1.54) is 4.90 Å². The van der Waals surface area contributed by atoms with Gasteiger partial charge in [-0.25, -0.2) is 0 Å². The molecule has 3 rings (SSSR count). The number of alkyl halides is 3. The summed E-state index contributed by atoms with van der Waals surface area (Å²) in [6.45, 7) is -0.593. The Bertz CT molecular complexity index is 672. The first kappa shape index (κ1) is 16.1. The molecule has 6 heteroatoms. The second kappa shape index (κ2) is 6.42. The van der Waals surface area contributed by atoms with Gasteiger partial charge in [-0.1, -0.05) is 41.9 Å². The van der Waals surface area contributed by atoms with E-state index in [9.17, 15) is 13.2 Å². The lowest BCUT2D eigenvalue weighted by Crippen LogP contribution is -2.36. The van der Waals surface area contributed by atoms with Crippen LogP contribution in [0.2, 0.25) is 5.02 Å². The molecule has 0 saturated heterocycles. The molecule has 1 heterocycles. The van der Waals surface area contributed by atoms with Crippen LogP contribution in [0.3, 0.4) is 0 Å². The minimum Gasteiger partial charge on any atom is -0.484 e. The smallest absolute Gasteiger partial charge is 0.401 e. The summed E-state index contributed by atoms with van der Waals surface area (Å²) in [4.78, 5) is 1.37. The van der Waals surface area contributed by atoms with Gasteiger partial charge in [-0.05, 0) is 23.8 Å². The van der Waals surface area contributed by atoms with Crippen molar-refractivity contribution in [3.8, 4) is 5.75 Å². The summed E-state index contributed by atoms with van der Waals surface area (Å²) in [6.07, 6.45) is -4.72. The quantitative estimate of drug-likeness (QED) is 0.775. The number of fused-ring (bicyclic) bond motifs is 1. The first-order valence-electron chi connectivity index (χ1n) is 7.20. The summed E-state index contributed by atoms with van der Waals surface area (Å²) in [5, 5.41) is 0.579. The van der Waals surface area contributed by atoms with Gasteiger partial charge >= 0.3 is 6.18 Å². The first-order chi connectivity index (χ1) is 10.9. The van der Waals surface area contributed by atoms with Gasteiger partial charge in [0.25, 0.3) is 0 Å². The molecule has 0 bridgehead atoms. The molecule has 0 saturated carbocycles. The van der Waals surface area contributed by atoms with Crippen molar-refractivity contribution in [1.29, 1.82) is 0 Å². The lowest BCUT2D eigenvalue weighted by Gasteiger charge is -2.25. The van der Waals surface area contributed by atoms with Crippen LogP contribution in [0, 0.1) is 0 Å². The summed E-state index contributed by atoms with van der Waals surface area (Å²) in [6, 6.07) is 14.2. The van der Waals surface area contributed by atoms with Gasteiger partial charge in [0.2, 0.25) is 0 Å². The number of hydrogen-bond acceptors (Lipinski definition) is 2. The summed E-state index contributed by atoms with van der Waals surface area (Å²) in [5.41, 5.74) is 1.56. The Morgan fingerprint density at radius 1 is 1.09 bits per heavy atom. The van der Waals surface area contributed by atoms with Crippen LogP contribution in [-0.4, -0.2) is 24.2 Å². The molecule has 0 fully saturated rings. The molecule has 2 aromatic rings. The summed E-state index contributed by atoms with van der Waals surface area (Å²) < 4.78 is 44.5. The fraction of sp³-hybridized carbons (Fsp3) is 0.294. The summed E-state index contributed by atoms with van der Waals surface area (Å²) in [5.74, 6) is 0.622. The average Bonchev–Trinajstić information content (AvgIpc) is 2.65. The van der Waals surface area contributed by atoms with Crippen LogP contribution in [0.25, 0.3) is 0 Å². The third kappa shape index (κ3) is 4.18. The van der Waals surface area contributed by atoms with E-state index in [4.69, 9.17) is 16.3 Å². The van der Waals surface area contributed by atoms with Crippen molar-refractivity contribution in [2.75, 3.05) is 13.1 Å². The Labute approximate surface area is 137 Å². The minimum atomic E-state index is -4.25. The molecule has 0 amide bonds. The van der Waals surface area contributed by atoms with Gasteiger partial charge in [0.15, 0.2) is 0 Å². The Morgan fingerprint density at radius 3 is 2.48 bits per heavy atom. The molecule has 1 atom stereocenters. The highest BCUT2D eigenvalue weighted by Gasteiger charge is 2.34. The predicted molar refractivity (Wildman–Crippen MR) is 82.6 cm³/mol. The van der Waals surface area contributed by atoms with E-state index in [2.05, 4.69) is 0 Å². The SMILES string of the molecule is FC(F)(F)CN1Cc2ccccc2OC(c2ccc(Cl)cc2)C1. The van der Waals surface area contributed by atoms with Gasteiger partial charge in [-0.2, -0.15) is 13.2 Å². The zero-order chi connectivity index (χ0) is 16.4. The Balaban J connectivity index is 1.92. The molecule has 0 aromatic heterocycles. The topological polar surface area (TPSA) is 12.5 Å². The molecule has 2 nitrogen and oxygen atoms in total. The normalized spacial score (nSPS) is 18.9. The van der Waals surface area contributed by atoms with Crippen LogP contribution < -0.4 is 4.74 Å². The number of ether oxygens (including phenoxy) is 1. The van der Waals surface area contributed by atoms with Crippen molar-refractivity contribution >= 4 is 11.6 Å². The van der Waals surface area contributed by atoms with Gasteiger partial charge in [-0.3, -0.25) is 4.90 Å². The Hall–Kier alpha value is -1.72. The van der Waals surface area contributed by atoms with E-state index >= 15 is 0 Å². The standard InChI is InChI=1S/C17H15ClF3NO/c18-14-7-5-12(6-8-14)16-10-22(11-17(19,20)21)9-13-3-1-2-4-15(13)23-16/h1-8,16H,9-11H2. The van der Waals surface area contributed by atoms with Gasteiger partial charge in [0.1, 0.15) is 11.9 Å². The maximum Gasteiger partial charge on any atom is 0.401 e. The predicted octanol–water partition coefficient (Wildman–Crippen LogP) is 4.84. The Morgan fingerprint density at radius 2 is 1.78 bits per heavy atom. The molecule has 2 aromatic carbocycles. The van der Waals surface area contributed by atoms with Crippen molar-refractivity contribution in [2.45, 2.75) is 18.8 Å². The highest BCUT2D eigenvalue weighted by atomic mass is 35.5. The molecule has 23 heavy (non-hydrogen) atoms. The third-order valence-electron chi connectivity index (χ3n) is 3.70. The molecule has 122 valence electrons. The van der Waals surface area contributed by atoms with E-state index in [1.54, 1.807) is 42.5 Å². The zero-order valence-corrected chi connectivity index (χ0v) is 12.9. The van der Waals surface area contributed by atoms with E-state index in [0.29, 0.717) is 10.8 Å². The van der Waals surface area contributed by atoms with Gasteiger partial charge in [0.05, 0.1) is 6.54 Å². The number of para-hydroxylation sites is 1. The number of nitrogens with zero attached hydrogens (tertiary/aromatic N) is 1. The van der Waals surface area contributed by atoms with Crippen molar-refractivity contribution in [1.82, 2.24) is 4.90 Å². The van der Waals surface area contributed by atoms with Crippen LogP contribution in [0.4, 0.5) is 13.2 Å². The summed E-state index contributed by atoms with van der Waals surface area (Å²) in [7, 11) is 0. The van der Waals surface area contributed by atoms with E-state index in [0.717, 1.165) is 11.1 Å². The van der Waals surface area contributed by atoms with E-state index in [1.807, 2.05) is 6.07 Å². The average molecular weight is 342 g/mol. The van der Waals surface area contributed by atoms with Gasteiger partial charge in [0, 0.05) is 23.7 Å². The largest absolute Gasteiger partial charge is 0.484 e. The van der Waals surface area contributed by atoms with Gasteiger partial charge in [-0.15, -0.1) is 0 Å². The summed E-state index contributed by atoms with van der Waals surface area (Å²) >= 11 is 5.88. The van der Waals surface area contributed by atoms with Crippen LogP contribution in [0.5, 0.6) is 5.75 Å². The number of hydrogen-bond donors (Lipinski definition) is 0. The van der Waals surface area contributed by atoms with Crippen LogP contribution in [0.15, 0.2) is 48.5 Å². The van der Waals surface area contributed by atoms with Crippen molar-refractivity contribution in [3.63, 3.8) is 0 Å². The van der Waals surface area contributed by atoms with Crippen LogP contribution in [0.1, 0.15) is 17.2 Å². The van der Waals surface area contributed by atoms with Crippen LogP contribution in [-0.2, 0) is 6.54 Å². The Kier molecular flexibility index (Phi) is 4.50. The maximum absolute atomic E-state index is 12.8. The molecule has 0 aliphatic carbocycles. The molecule has 0 N–H and O–H groups in total. The lowest BCUT2D eigenvalue weighted by atomic mass is 10.1. The molecule has 0 spiro atoms. The van der Waals surface area contributed by atoms with E-state index < -0.39 is 18.8 Å². The maximum atomic E-state index is 12.8. The second-order valence-electron chi connectivity index (χ2n) is 5.55. The fourth-order valence-corrected chi connectivity index (χ4v) is 2.83. The molecule has 0 radical (unpaired) electrons. The number of rotatable bonds is 2. The van der Waals surface area contributed by atoms with Crippen molar-refractivity contribution in [3.05, 3.63) is 64.7 Å². The molecule has 1 unspecified atom stereocenters.